The summed E-state index contributed by atoms with van der Waals surface area (Å²) in [6, 6.07) is -0.215. The highest BCUT2D eigenvalue weighted by molar-refractivity contribution is 6.18. The Hall–Kier alpha value is -0.450. The second-order valence-electron chi connectivity index (χ2n) is 3.31. The van der Waals surface area contributed by atoms with Gasteiger partial charge in [0, 0.05) is 18.3 Å². The van der Waals surface area contributed by atoms with Gasteiger partial charge >= 0.3 is 6.18 Å². The standard InChI is InChI=1S/C8H11ClF3NO/c9-4-3-7(14)13(6-1-2-6)5-8(10,11)12/h6H,1-5H2. The Morgan fingerprint density at radius 2 is 2.00 bits per heavy atom. The zero-order valence-corrected chi connectivity index (χ0v) is 8.24. The molecule has 1 aliphatic carbocycles. The van der Waals surface area contributed by atoms with Gasteiger partial charge in [0.05, 0.1) is 0 Å². The molecule has 82 valence electrons. The molecule has 1 rings (SSSR count). The molecule has 0 aromatic heterocycles. The maximum absolute atomic E-state index is 12.1. The molecule has 0 aromatic carbocycles. The van der Waals surface area contributed by atoms with Crippen molar-refractivity contribution in [3.63, 3.8) is 0 Å². The van der Waals surface area contributed by atoms with Crippen LogP contribution in [0.1, 0.15) is 19.3 Å². The zero-order valence-electron chi connectivity index (χ0n) is 7.48. The van der Waals surface area contributed by atoms with E-state index in [-0.39, 0.29) is 18.3 Å². The van der Waals surface area contributed by atoms with E-state index in [1.165, 1.54) is 0 Å². The number of rotatable bonds is 4. The van der Waals surface area contributed by atoms with Crippen LogP contribution in [-0.4, -0.2) is 35.4 Å². The summed E-state index contributed by atoms with van der Waals surface area (Å²) in [6.07, 6.45) is -2.99. The smallest absolute Gasteiger partial charge is 0.331 e. The van der Waals surface area contributed by atoms with Gasteiger partial charge in [0.2, 0.25) is 5.91 Å². The van der Waals surface area contributed by atoms with Crippen LogP contribution in [0.4, 0.5) is 13.2 Å². The summed E-state index contributed by atoms with van der Waals surface area (Å²) >= 11 is 5.31. The molecule has 1 amide bonds. The molecule has 1 fully saturated rings. The topological polar surface area (TPSA) is 20.3 Å². The Morgan fingerprint density at radius 1 is 1.43 bits per heavy atom. The van der Waals surface area contributed by atoms with Crippen molar-refractivity contribution in [1.82, 2.24) is 4.90 Å². The lowest BCUT2D eigenvalue weighted by Gasteiger charge is -2.23. The molecule has 0 aliphatic heterocycles. The van der Waals surface area contributed by atoms with Gasteiger partial charge in [-0.2, -0.15) is 13.2 Å². The van der Waals surface area contributed by atoms with Crippen molar-refractivity contribution >= 4 is 17.5 Å². The second-order valence-corrected chi connectivity index (χ2v) is 3.68. The fourth-order valence-electron chi connectivity index (χ4n) is 1.22. The first-order chi connectivity index (χ1) is 6.44. The van der Waals surface area contributed by atoms with Crippen molar-refractivity contribution in [2.24, 2.45) is 0 Å². The third-order valence-corrected chi connectivity index (χ3v) is 2.15. The number of amides is 1. The number of carbonyl (C=O) groups is 1. The van der Waals surface area contributed by atoms with Gasteiger partial charge in [-0.15, -0.1) is 11.6 Å². The van der Waals surface area contributed by atoms with E-state index in [9.17, 15) is 18.0 Å². The molecule has 0 atom stereocenters. The molecule has 0 aromatic rings. The van der Waals surface area contributed by atoms with Crippen LogP contribution in [0.5, 0.6) is 0 Å². The number of halogens is 4. The molecular weight excluding hydrogens is 219 g/mol. The van der Waals surface area contributed by atoms with E-state index < -0.39 is 18.6 Å². The van der Waals surface area contributed by atoms with E-state index in [0.29, 0.717) is 12.8 Å². The molecular formula is C8H11ClF3NO. The molecule has 0 bridgehead atoms. The molecule has 14 heavy (non-hydrogen) atoms. The number of alkyl halides is 4. The lowest BCUT2D eigenvalue weighted by Crippen LogP contribution is -2.40. The fraction of sp³-hybridized carbons (Fsp3) is 0.875. The zero-order chi connectivity index (χ0) is 10.8. The van der Waals surface area contributed by atoms with Crippen LogP contribution in [0, 0.1) is 0 Å². The summed E-state index contributed by atoms with van der Waals surface area (Å²) in [7, 11) is 0. The first kappa shape index (κ1) is 11.6. The normalized spacial score (nSPS) is 16.9. The average molecular weight is 230 g/mol. The summed E-state index contributed by atoms with van der Waals surface area (Å²) in [5.41, 5.74) is 0. The van der Waals surface area contributed by atoms with Gasteiger partial charge in [-0.1, -0.05) is 0 Å². The van der Waals surface area contributed by atoms with E-state index in [2.05, 4.69) is 0 Å². The second kappa shape index (κ2) is 4.38. The predicted molar refractivity (Wildman–Crippen MR) is 46.1 cm³/mol. The largest absolute Gasteiger partial charge is 0.406 e. The molecule has 0 N–H and O–H groups in total. The maximum Gasteiger partial charge on any atom is 0.406 e. The third kappa shape index (κ3) is 3.74. The molecule has 0 saturated heterocycles. The van der Waals surface area contributed by atoms with Crippen LogP contribution in [0.2, 0.25) is 0 Å². The Balaban J connectivity index is 2.51. The van der Waals surface area contributed by atoms with Crippen LogP contribution < -0.4 is 0 Å². The highest BCUT2D eigenvalue weighted by atomic mass is 35.5. The predicted octanol–water partition coefficient (Wildman–Crippen LogP) is 2.17. The minimum Gasteiger partial charge on any atom is -0.331 e. The Morgan fingerprint density at radius 3 is 2.36 bits per heavy atom. The van der Waals surface area contributed by atoms with E-state index >= 15 is 0 Å². The third-order valence-electron chi connectivity index (χ3n) is 1.97. The maximum atomic E-state index is 12.1. The van der Waals surface area contributed by atoms with Crippen molar-refractivity contribution in [2.45, 2.75) is 31.5 Å². The van der Waals surface area contributed by atoms with Crippen molar-refractivity contribution in [2.75, 3.05) is 12.4 Å². The van der Waals surface area contributed by atoms with Crippen LogP contribution in [0.3, 0.4) is 0 Å². The van der Waals surface area contributed by atoms with Crippen molar-refractivity contribution in [3.8, 4) is 0 Å². The molecule has 1 aliphatic rings. The lowest BCUT2D eigenvalue weighted by molar-refractivity contribution is -0.162. The Bertz CT molecular complexity index is 215. The summed E-state index contributed by atoms with van der Waals surface area (Å²) < 4.78 is 36.2. The number of hydrogen-bond acceptors (Lipinski definition) is 1. The minimum absolute atomic E-state index is 0.0197. The molecule has 0 unspecified atom stereocenters. The van der Waals surface area contributed by atoms with Crippen LogP contribution in [0.15, 0.2) is 0 Å². The van der Waals surface area contributed by atoms with Gasteiger partial charge in [-0.05, 0) is 12.8 Å². The first-order valence-corrected chi connectivity index (χ1v) is 4.89. The summed E-state index contributed by atoms with van der Waals surface area (Å²) in [5.74, 6) is -0.431. The monoisotopic (exact) mass is 229 g/mol. The van der Waals surface area contributed by atoms with Crippen molar-refractivity contribution in [1.29, 1.82) is 0 Å². The van der Waals surface area contributed by atoms with Crippen LogP contribution in [0.25, 0.3) is 0 Å². The first-order valence-electron chi connectivity index (χ1n) is 4.36. The summed E-state index contributed by atoms with van der Waals surface area (Å²) in [4.78, 5) is 12.1. The average Bonchev–Trinajstić information content (AvgIpc) is 2.81. The molecule has 1 saturated carbocycles. The molecule has 0 radical (unpaired) electrons. The molecule has 0 heterocycles. The number of carbonyl (C=O) groups excluding carboxylic acids is 1. The van der Waals surface area contributed by atoms with Gasteiger partial charge in [-0.3, -0.25) is 4.79 Å². The van der Waals surface area contributed by atoms with Crippen LogP contribution in [-0.2, 0) is 4.79 Å². The number of hydrogen-bond donors (Lipinski definition) is 0. The summed E-state index contributed by atoms with van der Waals surface area (Å²) in [6.45, 7) is -1.15. The molecule has 0 spiro atoms. The van der Waals surface area contributed by atoms with E-state index in [4.69, 9.17) is 11.6 Å². The minimum atomic E-state index is -4.31. The molecule has 6 heteroatoms. The van der Waals surface area contributed by atoms with Gasteiger partial charge < -0.3 is 4.90 Å². The highest BCUT2D eigenvalue weighted by Gasteiger charge is 2.40. The Kier molecular flexibility index (Phi) is 3.64. The number of nitrogens with zero attached hydrogens (tertiary/aromatic N) is 1. The van der Waals surface area contributed by atoms with Crippen LogP contribution >= 0.6 is 11.6 Å². The van der Waals surface area contributed by atoms with E-state index in [0.717, 1.165) is 4.90 Å². The van der Waals surface area contributed by atoms with Gasteiger partial charge in [0.25, 0.3) is 0 Å². The van der Waals surface area contributed by atoms with Crippen molar-refractivity contribution in [3.05, 3.63) is 0 Å². The van der Waals surface area contributed by atoms with Gasteiger partial charge in [0.15, 0.2) is 0 Å². The quantitative estimate of drug-likeness (QED) is 0.677. The van der Waals surface area contributed by atoms with Crippen molar-refractivity contribution < 1.29 is 18.0 Å². The summed E-state index contributed by atoms with van der Waals surface area (Å²) in [5, 5.41) is 0. The highest BCUT2D eigenvalue weighted by Crippen LogP contribution is 2.30. The van der Waals surface area contributed by atoms with Gasteiger partial charge in [0.1, 0.15) is 6.54 Å². The SMILES string of the molecule is O=C(CCCl)N(CC(F)(F)F)C1CC1. The fourth-order valence-corrected chi connectivity index (χ4v) is 1.39. The van der Waals surface area contributed by atoms with E-state index in [1.807, 2.05) is 0 Å². The Labute approximate surface area is 85.0 Å². The van der Waals surface area contributed by atoms with Gasteiger partial charge in [-0.25, -0.2) is 0 Å². The van der Waals surface area contributed by atoms with E-state index in [1.54, 1.807) is 0 Å². The lowest BCUT2D eigenvalue weighted by atomic mass is 10.3. The molecule has 2 nitrogen and oxygen atoms in total.